The van der Waals surface area contributed by atoms with Crippen molar-refractivity contribution in [3.8, 4) is 0 Å². The van der Waals surface area contributed by atoms with E-state index in [0.717, 1.165) is 28.5 Å². The van der Waals surface area contributed by atoms with Gasteiger partial charge >= 0.3 is 0 Å². The summed E-state index contributed by atoms with van der Waals surface area (Å²) in [6, 6.07) is 8.60. The number of nitrogens with zero attached hydrogens (tertiary/aromatic N) is 3. The van der Waals surface area contributed by atoms with Crippen LogP contribution < -0.4 is 5.32 Å². The van der Waals surface area contributed by atoms with Crippen molar-refractivity contribution in [2.24, 2.45) is 0 Å². The standard InChI is InChI=1S/C17H14N4O5S/c1-9(2)10-3-4-14-15(7-10)27-17(18-14)19-16(22)11-5-12(20(23)24)8-13(6-11)21(25)26/h3-9H,1-2H3,(H,18,19,22). The maximum Gasteiger partial charge on any atom is 0.277 e. The number of nitro groups is 2. The number of nitro benzene ring substituents is 2. The largest absolute Gasteiger partial charge is 0.298 e. The summed E-state index contributed by atoms with van der Waals surface area (Å²) in [7, 11) is 0. The Hall–Kier alpha value is -3.40. The number of hydrogen-bond acceptors (Lipinski definition) is 7. The van der Waals surface area contributed by atoms with Gasteiger partial charge in [0.1, 0.15) is 0 Å². The molecule has 2 aromatic carbocycles. The van der Waals surface area contributed by atoms with E-state index in [2.05, 4.69) is 24.1 Å². The molecule has 3 aromatic rings. The number of amides is 1. The number of non-ortho nitro benzene ring substituents is 2. The molecule has 1 aromatic heterocycles. The highest BCUT2D eigenvalue weighted by molar-refractivity contribution is 7.22. The number of benzene rings is 2. The lowest BCUT2D eigenvalue weighted by Gasteiger charge is -2.03. The monoisotopic (exact) mass is 386 g/mol. The van der Waals surface area contributed by atoms with Crippen molar-refractivity contribution in [2.75, 3.05) is 5.32 Å². The molecule has 0 spiro atoms. The first-order valence-electron chi connectivity index (χ1n) is 7.90. The van der Waals surface area contributed by atoms with E-state index < -0.39 is 27.1 Å². The molecule has 0 saturated heterocycles. The molecule has 0 aliphatic heterocycles. The maximum atomic E-state index is 12.4. The lowest BCUT2D eigenvalue weighted by Crippen LogP contribution is -2.12. The summed E-state index contributed by atoms with van der Waals surface area (Å²) < 4.78 is 0.890. The van der Waals surface area contributed by atoms with Crippen molar-refractivity contribution < 1.29 is 14.6 Å². The molecule has 1 heterocycles. The van der Waals surface area contributed by atoms with Crippen LogP contribution in [0.15, 0.2) is 36.4 Å². The molecule has 0 radical (unpaired) electrons. The van der Waals surface area contributed by atoms with Gasteiger partial charge in [0.2, 0.25) is 0 Å². The van der Waals surface area contributed by atoms with Crippen LogP contribution in [-0.4, -0.2) is 20.7 Å². The Morgan fingerprint density at radius 3 is 2.26 bits per heavy atom. The molecule has 0 fully saturated rings. The summed E-state index contributed by atoms with van der Waals surface area (Å²) in [4.78, 5) is 37.1. The summed E-state index contributed by atoms with van der Waals surface area (Å²) >= 11 is 1.26. The molecule has 9 nitrogen and oxygen atoms in total. The number of hydrogen-bond donors (Lipinski definition) is 1. The van der Waals surface area contributed by atoms with E-state index in [1.54, 1.807) is 0 Å². The van der Waals surface area contributed by atoms with Crippen LogP contribution in [0.1, 0.15) is 35.7 Å². The predicted molar refractivity (Wildman–Crippen MR) is 101 cm³/mol. The Balaban J connectivity index is 1.92. The van der Waals surface area contributed by atoms with Crippen LogP contribution in [-0.2, 0) is 0 Å². The number of aromatic nitrogens is 1. The summed E-state index contributed by atoms with van der Waals surface area (Å²) in [6.07, 6.45) is 0. The van der Waals surface area contributed by atoms with Gasteiger partial charge in [-0.2, -0.15) is 0 Å². The highest BCUT2D eigenvalue weighted by Gasteiger charge is 2.20. The van der Waals surface area contributed by atoms with Crippen molar-refractivity contribution in [3.05, 3.63) is 67.8 Å². The summed E-state index contributed by atoms with van der Waals surface area (Å²) in [5, 5.41) is 24.8. The van der Waals surface area contributed by atoms with Gasteiger partial charge in [0.25, 0.3) is 17.3 Å². The predicted octanol–water partition coefficient (Wildman–Crippen LogP) is 4.49. The van der Waals surface area contributed by atoms with Crippen molar-refractivity contribution >= 4 is 44.0 Å². The third kappa shape index (κ3) is 3.90. The van der Waals surface area contributed by atoms with Crippen molar-refractivity contribution in [1.29, 1.82) is 0 Å². The highest BCUT2D eigenvalue weighted by atomic mass is 32.1. The average molecular weight is 386 g/mol. The normalized spacial score (nSPS) is 10.9. The minimum absolute atomic E-state index is 0.182. The van der Waals surface area contributed by atoms with E-state index in [4.69, 9.17) is 0 Å². The fourth-order valence-corrected chi connectivity index (χ4v) is 3.37. The Labute approximate surface area is 157 Å². The van der Waals surface area contributed by atoms with Gasteiger partial charge in [-0.1, -0.05) is 31.3 Å². The molecule has 0 saturated carbocycles. The Morgan fingerprint density at radius 1 is 1.07 bits per heavy atom. The molecule has 0 unspecified atom stereocenters. The van der Waals surface area contributed by atoms with Gasteiger partial charge in [-0.3, -0.25) is 30.3 Å². The molecule has 0 aliphatic rings. The van der Waals surface area contributed by atoms with Crippen LogP contribution >= 0.6 is 11.3 Å². The molecule has 27 heavy (non-hydrogen) atoms. The summed E-state index contributed by atoms with van der Waals surface area (Å²) in [5.74, 6) is -0.357. The number of rotatable bonds is 5. The number of nitrogens with one attached hydrogen (secondary N) is 1. The van der Waals surface area contributed by atoms with Crippen molar-refractivity contribution in [3.63, 3.8) is 0 Å². The quantitative estimate of drug-likeness (QED) is 0.508. The van der Waals surface area contributed by atoms with E-state index >= 15 is 0 Å². The lowest BCUT2D eigenvalue weighted by atomic mass is 10.0. The van der Waals surface area contributed by atoms with Gasteiger partial charge in [-0.25, -0.2) is 4.98 Å². The molecule has 0 aliphatic carbocycles. The van der Waals surface area contributed by atoms with Crippen LogP contribution in [0, 0.1) is 20.2 Å². The number of thiazole rings is 1. The first-order valence-corrected chi connectivity index (χ1v) is 8.72. The van der Waals surface area contributed by atoms with E-state index in [-0.39, 0.29) is 5.56 Å². The number of anilines is 1. The van der Waals surface area contributed by atoms with Crippen LogP contribution in [0.5, 0.6) is 0 Å². The number of fused-ring (bicyclic) bond motifs is 1. The Morgan fingerprint density at radius 2 is 1.70 bits per heavy atom. The van der Waals surface area contributed by atoms with E-state index in [1.807, 2.05) is 18.2 Å². The molecule has 3 rings (SSSR count). The van der Waals surface area contributed by atoms with Crippen LogP contribution in [0.3, 0.4) is 0 Å². The zero-order valence-corrected chi connectivity index (χ0v) is 15.1. The van der Waals surface area contributed by atoms with Gasteiger partial charge < -0.3 is 0 Å². The van der Waals surface area contributed by atoms with Gasteiger partial charge in [-0.15, -0.1) is 0 Å². The van der Waals surface area contributed by atoms with Crippen LogP contribution in [0.25, 0.3) is 10.2 Å². The second-order valence-electron chi connectivity index (χ2n) is 6.11. The summed E-state index contributed by atoms with van der Waals surface area (Å²) in [6.45, 7) is 4.14. The molecule has 138 valence electrons. The van der Waals surface area contributed by atoms with Gasteiger partial charge in [-0.05, 0) is 23.6 Å². The SMILES string of the molecule is CC(C)c1ccc2nc(NC(=O)c3cc([N+](=O)[O-])cc([N+](=O)[O-])c3)sc2c1. The fourth-order valence-electron chi connectivity index (χ4n) is 2.46. The average Bonchev–Trinajstić information content (AvgIpc) is 3.02. The molecule has 1 N–H and O–H groups in total. The van der Waals surface area contributed by atoms with E-state index in [9.17, 15) is 25.0 Å². The smallest absolute Gasteiger partial charge is 0.277 e. The minimum Gasteiger partial charge on any atom is -0.298 e. The fraction of sp³-hybridized carbons (Fsp3) is 0.176. The zero-order valence-electron chi connectivity index (χ0n) is 14.3. The number of carbonyl (C=O) groups is 1. The second-order valence-corrected chi connectivity index (χ2v) is 7.14. The molecular weight excluding hydrogens is 372 g/mol. The van der Waals surface area contributed by atoms with Crippen LogP contribution in [0.2, 0.25) is 0 Å². The Kier molecular flexibility index (Phi) is 4.82. The van der Waals surface area contributed by atoms with E-state index in [1.165, 1.54) is 11.3 Å². The van der Waals surface area contributed by atoms with Crippen LogP contribution in [0.4, 0.5) is 16.5 Å². The molecule has 0 bridgehead atoms. The van der Waals surface area contributed by atoms with Crippen molar-refractivity contribution in [1.82, 2.24) is 4.98 Å². The van der Waals surface area contributed by atoms with E-state index in [0.29, 0.717) is 16.6 Å². The maximum absolute atomic E-state index is 12.4. The lowest BCUT2D eigenvalue weighted by molar-refractivity contribution is -0.394. The summed E-state index contributed by atoms with van der Waals surface area (Å²) in [5.41, 5.74) is 0.613. The topological polar surface area (TPSA) is 128 Å². The molecular formula is C17H14N4O5S. The minimum atomic E-state index is -0.783. The molecule has 1 amide bonds. The third-order valence-corrected chi connectivity index (χ3v) is 4.82. The third-order valence-electron chi connectivity index (χ3n) is 3.89. The van der Waals surface area contributed by atoms with Crippen molar-refractivity contribution in [2.45, 2.75) is 19.8 Å². The van der Waals surface area contributed by atoms with Gasteiger partial charge in [0.15, 0.2) is 5.13 Å². The van der Waals surface area contributed by atoms with Gasteiger partial charge in [0, 0.05) is 12.1 Å². The Bertz CT molecular complexity index is 1040. The number of carbonyl (C=O) groups excluding carboxylic acids is 1. The molecule has 0 atom stereocenters. The molecule has 10 heteroatoms. The zero-order chi connectivity index (χ0) is 19.7. The highest BCUT2D eigenvalue weighted by Crippen LogP contribution is 2.30. The first-order chi connectivity index (χ1) is 12.7. The van der Waals surface area contributed by atoms with Gasteiger partial charge in [0.05, 0.1) is 31.7 Å². The second kappa shape index (κ2) is 7.08. The first kappa shape index (κ1) is 18.4.